The zero-order chi connectivity index (χ0) is 14.8. The maximum Gasteiger partial charge on any atom is 0.162 e. The van der Waals surface area contributed by atoms with E-state index < -0.39 is 0 Å². The molecule has 1 saturated carbocycles. The molecule has 1 aliphatic carbocycles. The van der Waals surface area contributed by atoms with Crippen LogP contribution < -0.4 is 5.32 Å². The Bertz CT molecular complexity index is 781. The quantitative estimate of drug-likeness (QED) is 0.774. The number of anilines is 1. The van der Waals surface area contributed by atoms with Gasteiger partial charge in [0, 0.05) is 29.9 Å². The first-order valence-corrected chi connectivity index (χ1v) is 7.81. The van der Waals surface area contributed by atoms with Gasteiger partial charge in [0.15, 0.2) is 5.82 Å². The van der Waals surface area contributed by atoms with Gasteiger partial charge in [0.1, 0.15) is 5.82 Å². The molecule has 4 nitrogen and oxygen atoms in total. The lowest BCUT2D eigenvalue weighted by molar-refractivity contribution is 0.759. The fourth-order valence-electron chi connectivity index (χ4n) is 2.64. The number of hydrogen-bond acceptors (Lipinski definition) is 4. The van der Waals surface area contributed by atoms with Crippen LogP contribution in [0.3, 0.4) is 0 Å². The van der Waals surface area contributed by atoms with Crippen LogP contribution in [0.4, 0.5) is 5.82 Å². The summed E-state index contributed by atoms with van der Waals surface area (Å²) in [6, 6.07) is 12.0. The van der Waals surface area contributed by atoms with E-state index in [9.17, 15) is 0 Å². The molecule has 2 aromatic heterocycles. The van der Waals surface area contributed by atoms with Crippen LogP contribution in [-0.4, -0.2) is 21.5 Å². The first-order valence-electron chi connectivity index (χ1n) is 7.81. The molecule has 4 rings (SSSR count). The molecule has 2 heterocycles. The third-order valence-electron chi connectivity index (χ3n) is 4.08. The molecular formula is C18H18N4. The maximum atomic E-state index is 4.74. The van der Waals surface area contributed by atoms with Gasteiger partial charge in [-0.3, -0.25) is 4.98 Å². The summed E-state index contributed by atoms with van der Waals surface area (Å²) in [4.78, 5) is 13.5. The number of para-hydroxylation sites is 1. The van der Waals surface area contributed by atoms with Crippen LogP contribution in [0.15, 0.2) is 48.8 Å². The van der Waals surface area contributed by atoms with Gasteiger partial charge in [-0.1, -0.05) is 25.0 Å². The van der Waals surface area contributed by atoms with E-state index in [0.717, 1.165) is 40.6 Å². The van der Waals surface area contributed by atoms with Crippen molar-refractivity contribution in [3.63, 3.8) is 0 Å². The van der Waals surface area contributed by atoms with Crippen molar-refractivity contribution >= 4 is 16.7 Å². The van der Waals surface area contributed by atoms with Crippen molar-refractivity contribution in [2.45, 2.75) is 19.3 Å². The Morgan fingerprint density at radius 2 is 1.82 bits per heavy atom. The molecule has 0 saturated heterocycles. The summed E-state index contributed by atoms with van der Waals surface area (Å²) < 4.78 is 0. The van der Waals surface area contributed by atoms with Crippen molar-refractivity contribution in [1.29, 1.82) is 0 Å². The number of pyridine rings is 1. The highest BCUT2D eigenvalue weighted by Crippen LogP contribution is 2.32. The third kappa shape index (κ3) is 2.77. The minimum Gasteiger partial charge on any atom is -0.369 e. The molecule has 0 aliphatic heterocycles. The predicted molar refractivity (Wildman–Crippen MR) is 88.6 cm³/mol. The van der Waals surface area contributed by atoms with Crippen LogP contribution in [0.25, 0.3) is 22.3 Å². The lowest BCUT2D eigenvalue weighted by Gasteiger charge is -2.10. The van der Waals surface area contributed by atoms with Crippen molar-refractivity contribution < 1.29 is 0 Å². The number of benzene rings is 1. The van der Waals surface area contributed by atoms with Gasteiger partial charge in [-0.05, 0) is 36.6 Å². The molecule has 0 amide bonds. The monoisotopic (exact) mass is 290 g/mol. The second-order valence-corrected chi connectivity index (χ2v) is 5.81. The standard InChI is InChI=1S/C18H18N4/c1-2-4-16-15(3-1)18(20-12-7-13-5-6-13)22-17(21-16)14-8-10-19-11-9-14/h1-4,8-11,13H,5-7,12H2,(H,20,21,22). The molecular weight excluding hydrogens is 272 g/mol. The van der Waals surface area contributed by atoms with E-state index in [4.69, 9.17) is 4.98 Å². The summed E-state index contributed by atoms with van der Waals surface area (Å²) >= 11 is 0. The summed E-state index contributed by atoms with van der Waals surface area (Å²) in [6.45, 7) is 0.974. The van der Waals surface area contributed by atoms with E-state index in [1.807, 2.05) is 30.3 Å². The molecule has 22 heavy (non-hydrogen) atoms. The topological polar surface area (TPSA) is 50.7 Å². The largest absolute Gasteiger partial charge is 0.369 e. The molecule has 0 spiro atoms. The summed E-state index contributed by atoms with van der Waals surface area (Å²) in [6.07, 6.45) is 7.54. The number of fused-ring (bicyclic) bond motifs is 1. The Morgan fingerprint density at radius 1 is 1.00 bits per heavy atom. The number of nitrogens with one attached hydrogen (secondary N) is 1. The molecule has 1 aliphatic rings. The van der Waals surface area contributed by atoms with Crippen molar-refractivity contribution in [1.82, 2.24) is 15.0 Å². The molecule has 1 fully saturated rings. The Balaban J connectivity index is 1.71. The fourth-order valence-corrected chi connectivity index (χ4v) is 2.64. The minimum atomic E-state index is 0.745. The van der Waals surface area contributed by atoms with E-state index in [0.29, 0.717) is 0 Å². The fraction of sp³-hybridized carbons (Fsp3) is 0.278. The van der Waals surface area contributed by atoms with Crippen molar-refractivity contribution in [3.05, 3.63) is 48.8 Å². The average Bonchev–Trinajstić information content (AvgIpc) is 3.40. The van der Waals surface area contributed by atoms with E-state index in [1.165, 1.54) is 19.3 Å². The summed E-state index contributed by atoms with van der Waals surface area (Å²) in [5, 5.41) is 4.58. The zero-order valence-electron chi connectivity index (χ0n) is 12.4. The Hall–Kier alpha value is -2.49. The molecule has 0 unspecified atom stereocenters. The van der Waals surface area contributed by atoms with Crippen LogP contribution >= 0.6 is 0 Å². The third-order valence-corrected chi connectivity index (χ3v) is 4.08. The Morgan fingerprint density at radius 3 is 2.64 bits per heavy atom. The SMILES string of the molecule is c1ccc2c(NCCC3CC3)nc(-c3ccncc3)nc2c1. The number of hydrogen-bond donors (Lipinski definition) is 1. The minimum absolute atomic E-state index is 0.745. The summed E-state index contributed by atoms with van der Waals surface area (Å²) in [5.74, 6) is 2.59. The molecule has 0 bridgehead atoms. The van der Waals surface area contributed by atoms with Gasteiger partial charge in [0.25, 0.3) is 0 Å². The summed E-state index contributed by atoms with van der Waals surface area (Å²) in [5.41, 5.74) is 1.96. The Kier molecular flexibility index (Phi) is 3.43. The van der Waals surface area contributed by atoms with Gasteiger partial charge >= 0.3 is 0 Å². The number of aromatic nitrogens is 3. The van der Waals surface area contributed by atoms with Crippen LogP contribution in [0.5, 0.6) is 0 Å². The molecule has 1 N–H and O–H groups in total. The number of nitrogens with zero attached hydrogens (tertiary/aromatic N) is 3. The van der Waals surface area contributed by atoms with E-state index >= 15 is 0 Å². The highest BCUT2D eigenvalue weighted by molar-refractivity contribution is 5.90. The van der Waals surface area contributed by atoms with Crippen molar-refractivity contribution in [2.24, 2.45) is 5.92 Å². The molecule has 0 atom stereocenters. The highest BCUT2D eigenvalue weighted by Gasteiger charge is 2.20. The van der Waals surface area contributed by atoms with Crippen LogP contribution in [0.1, 0.15) is 19.3 Å². The van der Waals surface area contributed by atoms with Gasteiger partial charge in [-0.25, -0.2) is 9.97 Å². The normalized spacial score (nSPS) is 14.2. The summed E-state index contributed by atoms with van der Waals surface area (Å²) in [7, 11) is 0. The Labute approximate surface area is 129 Å². The lowest BCUT2D eigenvalue weighted by atomic mass is 10.2. The highest BCUT2D eigenvalue weighted by atomic mass is 15.0. The van der Waals surface area contributed by atoms with E-state index in [2.05, 4.69) is 21.4 Å². The maximum absolute atomic E-state index is 4.74. The molecule has 3 aromatic rings. The average molecular weight is 290 g/mol. The molecule has 1 aromatic carbocycles. The van der Waals surface area contributed by atoms with Crippen LogP contribution in [0.2, 0.25) is 0 Å². The van der Waals surface area contributed by atoms with Gasteiger partial charge in [-0.2, -0.15) is 0 Å². The zero-order valence-corrected chi connectivity index (χ0v) is 12.4. The second-order valence-electron chi connectivity index (χ2n) is 5.81. The van der Waals surface area contributed by atoms with E-state index in [-0.39, 0.29) is 0 Å². The van der Waals surface area contributed by atoms with Crippen LogP contribution in [0, 0.1) is 5.92 Å². The van der Waals surface area contributed by atoms with E-state index in [1.54, 1.807) is 12.4 Å². The van der Waals surface area contributed by atoms with Gasteiger partial charge < -0.3 is 5.32 Å². The molecule has 110 valence electrons. The molecule has 0 radical (unpaired) electrons. The van der Waals surface area contributed by atoms with Crippen LogP contribution in [-0.2, 0) is 0 Å². The lowest BCUT2D eigenvalue weighted by Crippen LogP contribution is -2.06. The smallest absolute Gasteiger partial charge is 0.162 e. The van der Waals surface area contributed by atoms with Crippen molar-refractivity contribution in [3.8, 4) is 11.4 Å². The first kappa shape index (κ1) is 13.2. The van der Waals surface area contributed by atoms with Gasteiger partial charge in [0.2, 0.25) is 0 Å². The first-order chi connectivity index (χ1) is 10.9. The predicted octanol–water partition coefficient (Wildman–Crippen LogP) is 3.90. The van der Waals surface area contributed by atoms with Crippen molar-refractivity contribution in [2.75, 3.05) is 11.9 Å². The van der Waals surface area contributed by atoms with Gasteiger partial charge in [-0.15, -0.1) is 0 Å². The second kappa shape index (κ2) is 5.72. The van der Waals surface area contributed by atoms with Gasteiger partial charge in [0.05, 0.1) is 5.52 Å². The number of rotatable bonds is 5. The molecule has 4 heteroatoms.